The minimum absolute atomic E-state index is 0.180. The fourth-order valence-corrected chi connectivity index (χ4v) is 1.58. The number of carbonyl (C=O) groups is 1. The Kier molecular flexibility index (Phi) is 6.11. The molecule has 0 saturated heterocycles. The molecule has 1 aromatic heterocycles. The average molecular weight is 291 g/mol. The van der Waals surface area contributed by atoms with E-state index in [4.69, 9.17) is 38.7 Å². The minimum atomic E-state index is -0.254. The normalized spacial score (nSPS) is 10.3. The summed E-state index contributed by atoms with van der Waals surface area (Å²) in [6.07, 6.45) is 0.458. The molecule has 1 rings (SSSR count). The molecule has 0 fully saturated rings. The van der Waals surface area contributed by atoms with E-state index in [9.17, 15) is 4.79 Å². The molecule has 2 N–H and O–H groups in total. The van der Waals surface area contributed by atoms with Gasteiger partial charge in [0.2, 0.25) is 0 Å². The first-order valence-electron chi connectivity index (χ1n) is 5.36. The molecule has 0 radical (unpaired) electrons. The number of amides is 1. The number of thiocarbonyl (C=S) groups is 1. The van der Waals surface area contributed by atoms with Crippen LogP contribution >= 0.6 is 23.8 Å². The lowest BCUT2D eigenvalue weighted by atomic mass is 10.3. The predicted octanol–water partition coefficient (Wildman–Crippen LogP) is 1.70. The van der Waals surface area contributed by atoms with Gasteiger partial charge in [-0.1, -0.05) is 12.2 Å². The highest BCUT2D eigenvalue weighted by molar-refractivity contribution is 7.80. The SMILES string of the molecule is COCCN(CCC(N)=S)C(=O)c1ccc(Cl)o1. The van der Waals surface area contributed by atoms with Crippen LogP contribution < -0.4 is 5.73 Å². The van der Waals surface area contributed by atoms with Gasteiger partial charge < -0.3 is 19.8 Å². The van der Waals surface area contributed by atoms with E-state index in [-0.39, 0.29) is 16.9 Å². The van der Waals surface area contributed by atoms with Crippen LogP contribution in [0.15, 0.2) is 16.5 Å². The van der Waals surface area contributed by atoms with Gasteiger partial charge in [0.25, 0.3) is 5.91 Å². The van der Waals surface area contributed by atoms with Crippen molar-refractivity contribution < 1.29 is 13.9 Å². The van der Waals surface area contributed by atoms with Crippen molar-refractivity contribution in [3.05, 3.63) is 23.1 Å². The van der Waals surface area contributed by atoms with Crippen LogP contribution in [0.3, 0.4) is 0 Å². The van der Waals surface area contributed by atoms with E-state index in [2.05, 4.69) is 0 Å². The molecule has 1 amide bonds. The van der Waals surface area contributed by atoms with Crippen LogP contribution in [0, 0.1) is 0 Å². The first-order chi connectivity index (χ1) is 8.54. The second kappa shape index (κ2) is 7.35. The maximum atomic E-state index is 12.1. The number of furan rings is 1. The highest BCUT2D eigenvalue weighted by Crippen LogP contribution is 2.15. The van der Waals surface area contributed by atoms with E-state index >= 15 is 0 Å². The monoisotopic (exact) mass is 290 g/mol. The Labute approximate surface area is 116 Å². The Morgan fingerprint density at radius 1 is 1.56 bits per heavy atom. The molecular weight excluding hydrogens is 276 g/mol. The number of nitrogens with zero attached hydrogens (tertiary/aromatic N) is 1. The predicted molar refractivity (Wildman–Crippen MR) is 72.9 cm³/mol. The highest BCUT2D eigenvalue weighted by Gasteiger charge is 2.18. The summed E-state index contributed by atoms with van der Waals surface area (Å²) in [6, 6.07) is 3.06. The molecule has 0 aliphatic rings. The number of halogens is 1. The molecule has 1 heterocycles. The number of rotatable bonds is 7. The summed E-state index contributed by atoms with van der Waals surface area (Å²) < 4.78 is 10.0. The van der Waals surface area contributed by atoms with Gasteiger partial charge in [-0.15, -0.1) is 0 Å². The van der Waals surface area contributed by atoms with Gasteiger partial charge in [-0.2, -0.15) is 0 Å². The van der Waals surface area contributed by atoms with Gasteiger partial charge in [-0.05, 0) is 23.7 Å². The summed E-state index contributed by atoms with van der Waals surface area (Å²) in [6.45, 7) is 1.30. The van der Waals surface area contributed by atoms with Crippen molar-refractivity contribution >= 4 is 34.7 Å². The molecule has 0 atom stereocenters. The minimum Gasteiger partial charge on any atom is -0.440 e. The Bertz CT molecular complexity index is 422. The number of methoxy groups -OCH3 is 1. The van der Waals surface area contributed by atoms with E-state index in [0.29, 0.717) is 31.1 Å². The second-order valence-electron chi connectivity index (χ2n) is 3.61. The molecule has 5 nitrogen and oxygen atoms in total. The third-order valence-corrected chi connectivity index (χ3v) is 2.67. The molecular formula is C11H15ClN2O3S. The number of ether oxygens (including phenoxy) is 1. The Morgan fingerprint density at radius 3 is 2.78 bits per heavy atom. The second-order valence-corrected chi connectivity index (χ2v) is 4.50. The van der Waals surface area contributed by atoms with Gasteiger partial charge >= 0.3 is 0 Å². The summed E-state index contributed by atoms with van der Waals surface area (Å²) in [5, 5.41) is 0.180. The third kappa shape index (κ3) is 4.64. The van der Waals surface area contributed by atoms with E-state index in [1.54, 1.807) is 12.0 Å². The van der Waals surface area contributed by atoms with Crippen molar-refractivity contribution in [1.82, 2.24) is 4.90 Å². The lowest BCUT2D eigenvalue weighted by Crippen LogP contribution is -2.36. The van der Waals surface area contributed by atoms with Gasteiger partial charge in [0, 0.05) is 26.6 Å². The maximum absolute atomic E-state index is 12.1. The zero-order chi connectivity index (χ0) is 13.5. The first kappa shape index (κ1) is 14.9. The van der Waals surface area contributed by atoms with Crippen LogP contribution in [0.2, 0.25) is 5.22 Å². The summed E-state index contributed by atoms with van der Waals surface area (Å²) in [4.78, 5) is 14.0. The first-order valence-corrected chi connectivity index (χ1v) is 6.15. The molecule has 100 valence electrons. The van der Waals surface area contributed by atoms with Gasteiger partial charge in [-0.3, -0.25) is 4.79 Å². The highest BCUT2D eigenvalue weighted by atomic mass is 35.5. The Hall–Kier alpha value is -1.11. The van der Waals surface area contributed by atoms with Gasteiger partial charge in [0.15, 0.2) is 11.0 Å². The molecule has 0 aromatic carbocycles. The number of carbonyl (C=O) groups excluding carboxylic acids is 1. The molecule has 0 aliphatic carbocycles. The van der Waals surface area contributed by atoms with E-state index < -0.39 is 0 Å². The van der Waals surface area contributed by atoms with Crippen LogP contribution in [0.1, 0.15) is 17.0 Å². The topological polar surface area (TPSA) is 68.7 Å². The van der Waals surface area contributed by atoms with Crippen molar-refractivity contribution in [2.75, 3.05) is 26.8 Å². The van der Waals surface area contributed by atoms with Crippen molar-refractivity contribution in [2.24, 2.45) is 5.73 Å². The quantitative estimate of drug-likeness (QED) is 0.774. The third-order valence-electron chi connectivity index (χ3n) is 2.26. The van der Waals surface area contributed by atoms with Crippen molar-refractivity contribution in [2.45, 2.75) is 6.42 Å². The molecule has 1 aromatic rings. The molecule has 7 heteroatoms. The van der Waals surface area contributed by atoms with Crippen LogP contribution in [-0.4, -0.2) is 42.6 Å². The summed E-state index contributed by atoms with van der Waals surface area (Å²) in [5.41, 5.74) is 5.43. The average Bonchev–Trinajstić information content (AvgIpc) is 2.75. The lowest BCUT2D eigenvalue weighted by Gasteiger charge is -2.20. The van der Waals surface area contributed by atoms with Crippen molar-refractivity contribution in [3.8, 4) is 0 Å². The van der Waals surface area contributed by atoms with Crippen LogP contribution in [-0.2, 0) is 4.74 Å². The fraction of sp³-hybridized carbons (Fsp3) is 0.455. The zero-order valence-corrected chi connectivity index (χ0v) is 11.6. The summed E-state index contributed by atoms with van der Waals surface area (Å²) in [5.74, 6) is -0.0609. The largest absolute Gasteiger partial charge is 0.440 e. The van der Waals surface area contributed by atoms with Crippen LogP contribution in [0.4, 0.5) is 0 Å². The zero-order valence-electron chi connectivity index (χ0n) is 10.0. The molecule has 0 unspecified atom stereocenters. The van der Waals surface area contributed by atoms with E-state index in [1.165, 1.54) is 12.1 Å². The van der Waals surface area contributed by atoms with Gasteiger partial charge in [0.1, 0.15) is 0 Å². The maximum Gasteiger partial charge on any atom is 0.289 e. The summed E-state index contributed by atoms with van der Waals surface area (Å²) >= 11 is 10.4. The number of hydrogen-bond donors (Lipinski definition) is 1. The Morgan fingerprint density at radius 2 is 2.28 bits per heavy atom. The van der Waals surface area contributed by atoms with Crippen molar-refractivity contribution in [3.63, 3.8) is 0 Å². The smallest absolute Gasteiger partial charge is 0.289 e. The van der Waals surface area contributed by atoms with Crippen LogP contribution in [0.5, 0.6) is 0 Å². The fourth-order valence-electron chi connectivity index (χ4n) is 1.35. The van der Waals surface area contributed by atoms with Crippen LogP contribution in [0.25, 0.3) is 0 Å². The standard InChI is InChI=1S/C11H15ClN2O3S/c1-16-7-6-14(5-4-10(13)18)11(15)8-2-3-9(12)17-8/h2-3H,4-7H2,1H3,(H2,13,18). The molecule has 18 heavy (non-hydrogen) atoms. The van der Waals surface area contributed by atoms with Crippen molar-refractivity contribution in [1.29, 1.82) is 0 Å². The van der Waals surface area contributed by atoms with Gasteiger partial charge in [-0.25, -0.2) is 0 Å². The number of nitrogens with two attached hydrogens (primary N) is 1. The Balaban J connectivity index is 2.68. The summed E-state index contributed by atoms with van der Waals surface area (Å²) in [7, 11) is 1.57. The van der Waals surface area contributed by atoms with E-state index in [1.807, 2.05) is 0 Å². The number of hydrogen-bond acceptors (Lipinski definition) is 4. The van der Waals surface area contributed by atoms with Gasteiger partial charge in [0.05, 0.1) is 11.6 Å². The lowest BCUT2D eigenvalue weighted by molar-refractivity contribution is 0.0670. The van der Waals surface area contributed by atoms with E-state index in [0.717, 1.165) is 0 Å². The molecule has 0 aliphatic heterocycles. The molecule has 0 bridgehead atoms. The molecule has 0 saturated carbocycles. The molecule has 0 spiro atoms.